The molecule has 0 saturated carbocycles. The van der Waals surface area contributed by atoms with Gasteiger partial charge in [0.2, 0.25) is 6.79 Å². The minimum Gasteiger partial charge on any atom is -0.459 e. The number of methoxy groups -OCH3 is 2. The maximum absolute atomic E-state index is 14.4. The van der Waals surface area contributed by atoms with Gasteiger partial charge in [0.05, 0.1) is 67.3 Å². The Morgan fingerprint density at radius 3 is 2.17 bits per heavy atom. The molecule has 0 bridgehead atoms. The van der Waals surface area contributed by atoms with Gasteiger partial charge in [-0.05, 0) is 68.0 Å². The number of hydrogen-bond donors (Lipinski definition) is 6. The van der Waals surface area contributed by atoms with E-state index in [0.717, 1.165) is 0 Å². The summed E-state index contributed by atoms with van der Waals surface area (Å²) in [5.41, 5.74) is -4.76. The zero-order valence-corrected chi connectivity index (χ0v) is 37.5. The maximum Gasteiger partial charge on any atom is 0.314 e. The SMILES string of the molecule is CC[C@H]1OC(=O)[C@H](CO)[C@@H](O[C@H]2C[C@@](C)(OC)[C@@H](O)[C@H](C)O2)[C@H](C)[C@@H](O[C@@H]2O[C@H](C)C[C@H](N(C)C)[C@H]2O)[C@](C)(O)C[C@@H](C)/C(=N\OCOCCOC)[C@H](C)[C@@H](O)[C@]1(C)O. The topological polar surface area (TPSA) is 237 Å². The van der Waals surface area contributed by atoms with Crippen LogP contribution in [0.3, 0.4) is 0 Å². The van der Waals surface area contributed by atoms with Gasteiger partial charge in [-0.3, -0.25) is 4.79 Å². The highest BCUT2D eigenvalue weighted by molar-refractivity contribution is 5.88. The fraction of sp³-hybridized carbons (Fsp3) is 0.951. The second-order valence-corrected chi connectivity index (χ2v) is 17.7. The molecule has 0 aromatic heterocycles. The Morgan fingerprint density at radius 2 is 1.59 bits per heavy atom. The van der Waals surface area contributed by atoms with Crippen molar-refractivity contribution < 1.29 is 78.2 Å². The van der Waals surface area contributed by atoms with Crippen molar-refractivity contribution in [2.75, 3.05) is 54.9 Å². The molecule has 18 atom stereocenters. The number of carbonyl (C=O) groups is 1. The molecule has 0 amide bonds. The molecule has 18 nitrogen and oxygen atoms in total. The molecular formula is C41H76N2O16. The first kappa shape index (κ1) is 51.7. The van der Waals surface area contributed by atoms with Gasteiger partial charge in [-0.1, -0.05) is 32.9 Å². The van der Waals surface area contributed by atoms with E-state index in [1.807, 2.05) is 25.9 Å². The van der Waals surface area contributed by atoms with Gasteiger partial charge < -0.3 is 78.3 Å². The lowest BCUT2D eigenvalue weighted by atomic mass is 9.73. The third-order valence-electron chi connectivity index (χ3n) is 12.6. The van der Waals surface area contributed by atoms with Crippen molar-refractivity contribution >= 4 is 11.7 Å². The number of likely N-dealkylation sites (N-methyl/N-ethyl adjacent to an activating group) is 1. The quantitative estimate of drug-likeness (QED) is 0.0623. The summed E-state index contributed by atoms with van der Waals surface area (Å²) in [5, 5.41) is 74.6. The number of ether oxygens (including phenoxy) is 8. The molecule has 0 aromatic rings. The fourth-order valence-corrected chi connectivity index (χ4v) is 8.98. The van der Waals surface area contributed by atoms with E-state index in [0.29, 0.717) is 13.0 Å². The lowest BCUT2D eigenvalue weighted by Crippen LogP contribution is -2.61. The number of esters is 1. The monoisotopic (exact) mass is 853 g/mol. The van der Waals surface area contributed by atoms with E-state index in [2.05, 4.69) is 5.16 Å². The molecule has 3 fully saturated rings. The second-order valence-electron chi connectivity index (χ2n) is 17.7. The summed E-state index contributed by atoms with van der Waals surface area (Å²) >= 11 is 0. The van der Waals surface area contributed by atoms with Crippen LogP contribution in [0.15, 0.2) is 5.16 Å². The van der Waals surface area contributed by atoms with Crippen LogP contribution >= 0.6 is 0 Å². The molecule has 3 heterocycles. The number of cyclic esters (lactones) is 1. The largest absolute Gasteiger partial charge is 0.459 e. The zero-order valence-electron chi connectivity index (χ0n) is 37.5. The van der Waals surface area contributed by atoms with Crippen LogP contribution in [0.1, 0.15) is 88.0 Å². The normalized spacial score (nSPS) is 45.3. The van der Waals surface area contributed by atoms with Crippen molar-refractivity contribution in [1.29, 1.82) is 0 Å². The van der Waals surface area contributed by atoms with Gasteiger partial charge in [-0.25, -0.2) is 0 Å². The van der Waals surface area contributed by atoms with E-state index in [1.165, 1.54) is 28.1 Å². The van der Waals surface area contributed by atoms with Crippen LogP contribution in [-0.2, 0) is 47.5 Å². The van der Waals surface area contributed by atoms with Gasteiger partial charge in [-0.15, -0.1) is 0 Å². The van der Waals surface area contributed by atoms with Gasteiger partial charge in [-0.2, -0.15) is 0 Å². The first-order valence-electron chi connectivity index (χ1n) is 20.9. The first-order valence-corrected chi connectivity index (χ1v) is 20.9. The van der Waals surface area contributed by atoms with Crippen molar-refractivity contribution in [1.82, 2.24) is 4.90 Å². The number of aliphatic hydroxyl groups is 6. The van der Waals surface area contributed by atoms with Crippen molar-refractivity contribution in [2.45, 2.75) is 172 Å². The van der Waals surface area contributed by atoms with E-state index < -0.39 is 108 Å². The number of nitrogens with zero attached hydrogens (tertiary/aromatic N) is 2. The van der Waals surface area contributed by atoms with Crippen LogP contribution in [-0.4, -0.2) is 186 Å². The molecular weight excluding hydrogens is 776 g/mol. The third kappa shape index (κ3) is 12.5. The Kier molecular flexibility index (Phi) is 19.4. The second kappa shape index (κ2) is 22.1. The number of carbonyl (C=O) groups excluding carboxylic acids is 1. The van der Waals surface area contributed by atoms with Crippen molar-refractivity contribution in [3.05, 3.63) is 0 Å². The number of rotatable bonds is 14. The highest BCUT2D eigenvalue weighted by Crippen LogP contribution is 2.41. The summed E-state index contributed by atoms with van der Waals surface area (Å²) in [6.45, 7) is 14.4. The molecule has 3 aliphatic rings. The van der Waals surface area contributed by atoms with E-state index in [-0.39, 0.29) is 50.5 Å². The van der Waals surface area contributed by atoms with Crippen molar-refractivity contribution in [3.63, 3.8) is 0 Å². The smallest absolute Gasteiger partial charge is 0.314 e. The maximum atomic E-state index is 14.4. The summed E-state index contributed by atoms with van der Waals surface area (Å²) in [6.07, 6.45) is -10.6. The Hall–Kier alpha value is -1.62. The fourth-order valence-electron chi connectivity index (χ4n) is 8.98. The third-order valence-corrected chi connectivity index (χ3v) is 12.6. The van der Waals surface area contributed by atoms with Gasteiger partial charge in [0.1, 0.15) is 29.8 Å². The summed E-state index contributed by atoms with van der Waals surface area (Å²) in [4.78, 5) is 21.8. The molecule has 59 heavy (non-hydrogen) atoms. The van der Waals surface area contributed by atoms with Gasteiger partial charge in [0.25, 0.3) is 0 Å². The Labute approximate surface area is 350 Å². The molecule has 3 rings (SSSR count). The summed E-state index contributed by atoms with van der Waals surface area (Å²) in [6, 6.07) is -0.368. The summed E-state index contributed by atoms with van der Waals surface area (Å²) in [5.74, 6) is -5.00. The predicted molar refractivity (Wildman–Crippen MR) is 214 cm³/mol. The standard InChI is InChI=1S/C41H76N2O16/c1-14-29-41(9,50)34(46)24(4)31(42-54-21-53-16-15-51-12)22(2)18-39(7,49)36(59-38-32(45)28(43(10)11)17-23(3)55-38)25(5)33(27(20-44)37(48)57-29)58-30-19-40(8,52-13)35(47)26(6)56-30/h22-30,32-36,38,44-47,49-50H,14-21H2,1-13H3/b42-31+/t22-,23-,24+,25+,26+,27-,28+,29-,30+,32-,33+,34-,35+,36-,38+,39-,40-,41-/m1/s1. The zero-order chi connectivity index (χ0) is 44.6. The highest BCUT2D eigenvalue weighted by Gasteiger charge is 2.54. The minimum absolute atomic E-state index is 0.0161. The van der Waals surface area contributed by atoms with Crippen molar-refractivity contribution in [2.24, 2.45) is 28.8 Å². The lowest BCUT2D eigenvalue weighted by molar-refractivity contribution is -0.318. The number of oxime groups is 1. The predicted octanol–water partition coefficient (Wildman–Crippen LogP) is 1.18. The summed E-state index contributed by atoms with van der Waals surface area (Å²) in [7, 11) is 6.67. The molecule has 0 aliphatic carbocycles. The Morgan fingerprint density at radius 1 is 0.932 bits per heavy atom. The van der Waals surface area contributed by atoms with Gasteiger partial charge in [0.15, 0.2) is 12.6 Å². The van der Waals surface area contributed by atoms with Crippen LogP contribution in [0, 0.1) is 23.7 Å². The molecule has 6 N–H and O–H groups in total. The lowest BCUT2D eigenvalue weighted by Gasteiger charge is -2.49. The van der Waals surface area contributed by atoms with E-state index >= 15 is 0 Å². The Balaban J connectivity index is 2.26. The van der Waals surface area contributed by atoms with Crippen LogP contribution in [0.4, 0.5) is 0 Å². The van der Waals surface area contributed by atoms with Crippen LogP contribution < -0.4 is 0 Å². The molecule has 0 radical (unpaired) electrons. The van der Waals surface area contributed by atoms with E-state index in [1.54, 1.807) is 41.5 Å². The first-order chi connectivity index (χ1) is 27.5. The summed E-state index contributed by atoms with van der Waals surface area (Å²) < 4.78 is 47.9. The average molecular weight is 853 g/mol. The minimum atomic E-state index is -2.05. The van der Waals surface area contributed by atoms with Gasteiger partial charge >= 0.3 is 5.97 Å². The number of hydrogen-bond acceptors (Lipinski definition) is 18. The average Bonchev–Trinajstić information content (AvgIpc) is 3.16. The van der Waals surface area contributed by atoms with Crippen LogP contribution in [0.2, 0.25) is 0 Å². The molecule has 346 valence electrons. The highest BCUT2D eigenvalue weighted by atomic mass is 16.7. The molecule has 0 aromatic carbocycles. The van der Waals surface area contributed by atoms with Crippen LogP contribution in [0.25, 0.3) is 0 Å². The molecule has 18 heteroatoms. The van der Waals surface area contributed by atoms with E-state index in [9.17, 15) is 35.4 Å². The molecule has 0 spiro atoms. The molecule has 3 aliphatic heterocycles. The number of aliphatic hydroxyl groups excluding tert-OH is 4. The van der Waals surface area contributed by atoms with Gasteiger partial charge in [0, 0.05) is 44.4 Å². The molecule has 3 saturated heterocycles. The molecule has 0 unspecified atom stereocenters. The van der Waals surface area contributed by atoms with Crippen LogP contribution in [0.5, 0.6) is 0 Å². The Bertz CT molecular complexity index is 1320. The van der Waals surface area contributed by atoms with Crippen molar-refractivity contribution in [3.8, 4) is 0 Å². The van der Waals surface area contributed by atoms with E-state index in [4.69, 9.17) is 42.7 Å².